The molecule has 0 spiro atoms. The van der Waals surface area contributed by atoms with Gasteiger partial charge in [0.25, 0.3) is 5.91 Å². The number of benzene rings is 2. The fraction of sp³-hybridized carbons (Fsp3) is 0.310. The first-order valence-corrected chi connectivity index (χ1v) is 15.8. The maximum absolute atomic E-state index is 13.2. The predicted molar refractivity (Wildman–Crippen MR) is 168 cm³/mol. The zero-order valence-electron chi connectivity index (χ0n) is 21.5. The lowest BCUT2D eigenvalue weighted by molar-refractivity contribution is -0.122. The van der Waals surface area contributed by atoms with Crippen molar-refractivity contribution in [3.05, 3.63) is 79.6 Å². The van der Waals surface area contributed by atoms with Crippen molar-refractivity contribution in [2.75, 3.05) is 11.9 Å². The van der Waals surface area contributed by atoms with E-state index in [9.17, 15) is 9.59 Å². The van der Waals surface area contributed by atoms with Gasteiger partial charge in [0.1, 0.15) is 10.1 Å². The van der Waals surface area contributed by atoms with Crippen molar-refractivity contribution < 1.29 is 14.3 Å². The molecule has 0 radical (unpaired) electrons. The quantitative estimate of drug-likeness (QED) is 0.191. The summed E-state index contributed by atoms with van der Waals surface area (Å²) in [5.74, 6) is 0.336. The van der Waals surface area contributed by atoms with Crippen LogP contribution >= 0.6 is 58.5 Å². The lowest BCUT2D eigenvalue weighted by atomic mass is 9.97. The Labute approximate surface area is 257 Å². The van der Waals surface area contributed by atoms with Gasteiger partial charge in [-0.1, -0.05) is 71.8 Å². The molecule has 3 aromatic rings. The number of amides is 2. The molecule has 1 saturated carbocycles. The number of ether oxygens (including phenoxy) is 1. The summed E-state index contributed by atoms with van der Waals surface area (Å²) in [7, 11) is 0. The number of thiazole rings is 1. The second-order valence-electron chi connectivity index (χ2n) is 9.63. The Hall–Kier alpha value is -2.43. The number of para-hydroxylation sites is 1. The molecule has 40 heavy (non-hydrogen) atoms. The smallest absolute Gasteiger partial charge is 0.266 e. The van der Waals surface area contributed by atoms with Crippen LogP contribution in [0, 0.1) is 0 Å². The zero-order valence-corrected chi connectivity index (χ0v) is 25.5. The zero-order chi connectivity index (χ0) is 28.1. The van der Waals surface area contributed by atoms with Crippen LogP contribution in [0.5, 0.6) is 5.75 Å². The van der Waals surface area contributed by atoms with Gasteiger partial charge in [-0.2, -0.15) is 0 Å². The fourth-order valence-electron chi connectivity index (χ4n) is 4.66. The molecule has 1 aromatic heterocycles. The Bertz CT molecular complexity index is 1430. The SMILES string of the molecule is O=C(CCN1C(=O)/C(=C/c2ccccc2OC2CCCCC2)SC1=S)Nc1ncc(Cc2cc(Cl)cc(Cl)c2)s1. The van der Waals surface area contributed by atoms with E-state index in [-0.39, 0.29) is 30.9 Å². The number of thioether (sulfide) groups is 1. The summed E-state index contributed by atoms with van der Waals surface area (Å²) in [6, 6.07) is 13.1. The number of carbonyl (C=O) groups is 2. The Morgan fingerprint density at radius 1 is 1.15 bits per heavy atom. The summed E-state index contributed by atoms with van der Waals surface area (Å²) in [5.41, 5.74) is 1.82. The second kappa shape index (κ2) is 13.5. The topological polar surface area (TPSA) is 71.5 Å². The summed E-state index contributed by atoms with van der Waals surface area (Å²) in [6.45, 7) is 0.188. The first kappa shape index (κ1) is 29.1. The van der Waals surface area contributed by atoms with Crippen LogP contribution in [-0.4, -0.2) is 38.7 Å². The van der Waals surface area contributed by atoms with E-state index in [0.29, 0.717) is 30.8 Å². The highest BCUT2D eigenvalue weighted by Crippen LogP contribution is 2.35. The van der Waals surface area contributed by atoms with Gasteiger partial charge < -0.3 is 10.1 Å². The number of thiocarbonyl (C=S) groups is 1. The summed E-state index contributed by atoms with van der Waals surface area (Å²) in [5, 5.41) is 4.46. The number of halogens is 2. The molecule has 6 nitrogen and oxygen atoms in total. The fourth-order valence-corrected chi connectivity index (χ4v) is 7.39. The molecule has 208 valence electrons. The third-order valence-electron chi connectivity index (χ3n) is 6.59. The third-order valence-corrected chi connectivity index (χ3v) is 9.32. The first-order chi connectivity index (χ1) is 19.3. The number of rotatable bonds is 9. The van der Waals surface area contributed by atoms with Crippen molar-refractivity contribution in [1.82, 2.24) is 9.88 Å². The minimum Gasteiger partial charge on any atom is -0.490 e. The van der Waals surface area contributed by atoms with E-state index in [0.717, 1.165) is 34.6 Å². The molecular formula is C29H27Cl2N3O3S3. The normalized spacial score (nSPS) is 17.1. The van der Waals surface area contributed by atoms with Gasteiger partial charge in [0.15, 0.2) is 5.13 Å². The van der Waals surface area contributed by atoms with Crippen LogP contribution in [0.3, 0.4) is 0 Å². The second-order valence-corrected chi connectivity index (χ2v) is 13.3. The van der Waals surface area contributed by atoms with Gasteiger partial charge in [-0.15, -0.1) is 11.3 Å². The molecule has 5 rings (SSSR count). The van der Waals surface area contributed by atoms with Crippen molar-refractivity contribution in [1.29, 1.82) is 0 Å². The van der Waals surface area contributed by atoms with Crippen molar-refractivity contribution in [2.24, 2.45) is 0 Å². The number of aromatic nitrogens is 1. The molecule has 11 heteroatoms. The van der Waals surface area contributed by atoms with Crippen LogP contribution in [0.4, 0.5) is 5.13 Å². The Morgan fingerprint density at radius 3 is 2.67 bits per heavy atom. The van der Waals surface area contributed by atoms with Crippen LogP contribution in [0.15, 0.2) is 53.6 Å². The lowest BCUT2D eigenvalue weighted by Crippen LogP contribution is -2.31. The van der Waals surface area contributed by atoms with E-state index in [1.54, 1.807) is 12.3 Å². The molecule has 2 aromatic carbocycles. The predicted octanol–water partition coefficient (Wildman–Crippen LogP) is 7.98. The molecule has 2 fully saturated rings. The largest absolute Gasteiger partial charge is 0.490 e. The molecule has 1 N–H and O–H groups in total. The molecule has 0 bridgehead atoms. The average Bonchev–Trinajstić information content (AvgIpc) is 3.46. The van der Waals surface area contributed by atoms with Crippen LogP contribution in [0.25, 0.3) is 6.08 Å². The van der Waals surface area contributed by atoms with Gasteiger partial charge in [0, 0.05) is 46.1 Å². The van der Waals surface area contributed by atoms with Gasteiger partial charge in [-0.25, -0.2) is 4.98 Å². The molecule has 2 aliphatic rings. The first-order valence-electron chi connectivity index (χ1n) is 13.0. The van der Waals surface area contributed by atoms with E-state index >= 15 is 0 Å². The highest BCUT2D eigenvalue weighted by molar-refractivity contribution is 8.26. The van der Waals surface area contributed by atoms with Gasteiger partial charge >= 0.3 is 0 Å². The maximum Gasteiger partial charge on any atom is 0.266 e. The number of hydrogen-bond acceptors (Lipinski definition) is 7. The van der Waals surface area contributed by atoms with E-state index in [1.807, 2.05) is 42.5 Å². The Balaban J connectivity index is 1.16. The monoisotopic (exact) mass is 631 g/mol. The molecule has 2 amide bonds. The highest BCUT2D eigenvalue weighted by atomic mass is 35.5. The number of carbonyl (C=O) groups excluding carboxylic acids is 2. The van der Waals surface area contributed by atoms with E-state index in [1.165, 1.54) is 47.3 Å². The molecule has 2 heterocycles. The van der Waals surface area contributed by atoms with Crippen LogP contribution in [0.2, 0.25) is 10.0 Å². The lowest BCUT2D eigenvalue weighted by Gasteiger charge is -2.23. The van der Waals surface area contributed by atoms with Crippen LogP contribution in [-0.2, 0) is 16.0 Å². The van der Waals surface area contributed by atoms with Gasteiger partial charge in [-0.05, 0) is 61.6 Å². The Kier molecular flexibility index (Phi) is 9.80. The van der Waals surface area contributed by atoms with E-state index < -0.39 is 0 Å². The van der Waals surface area contributed by atoms with Crippen molar-refractivity contribution in [2.45, 2.75) is 51.0 Å². The molecule has 0 unspecified atom stereocenters. The van der Waals surface area contributed by atoms with E-state index in [2.05, 4.69) is 10.3 Å². The summed E-state index contributed by atoms with van der Waals surface area (Å²) < 4.78 is 6.72. The number of nitrogens with zero attached hydrogens (tertiary/aromatic N) is 2. The maximum atomic E-state index is 13.2. The molecular weight excluding hydrogens is 605 g/mol. The van der Waals surface area contributed by atoms with Crippen molar-refractivity contribution in [3.63, 3.8) is 0 Å². The number of nitrogens with one attached hydrogen (secondary N) is 1. The number of hydrogen-bond donors (Lipinski definition) is 1. The molecule has 0 atom stereocenters. The standard InChI is InChI=1S/C29H27Cl2N3O3S3/c30-20-12-18(13-21(31)16-20)14-23-17-32-28(39-23)33-26(35)10-11-34-27(36)25(40-29(34)38)15-19-6-4-5-9-24(19)37-22-7-2-1-3-8-22/h4-6,9,12-13,15-17,22H,1-3,7-8,10-11,14H2,(H,32,33,35)/b25-15-. The average molecular weight is 633 g/mol. The van der Waals surface area contributed by atoms with Crippen LogP contribution < -0.4 is 10.1 Å². The van der Waals surface area contributed by atoms with E-state index in [4.69, 9.17) is 40.2 Å². The molecule has 1 aliphatic heterocycles. The summed E-state index contributed by atoms with van der Waals surface area (Å²) in [4.78, 5) is 33.1. The number of anilines is 1. The minimum atomic E-state index is -0.240. The highest BCUT2D eigenvalue weighted by Gasteiger charge is 2.32. The minimum absolute atomic E-state index is 0.0971. The van der Waals surface area contributed by atoms with Gasteiger partial charge in [0.2, 0.25) is 5.91 Å². The van der Waals surface area contributed by atoms with Crippen molar-refractivity contribution >= 4 is 85.9 Å². The molecule has 1 saturated heterocycles. The van der Waals surface area contributed by atoms with Gasteiger partial charge in [-0.3, -0.25) is 14.5 Å². The molecule has 1 aliphatic carbocycles. The third kappa shape index (κ3) is 7.64. The van der Waals surface area contributed by atoms with Gasteiger partial charge in [0.05, 0.1) is 11.0 Å². The van der Waals surface area contributed by atoms with Crippen LogP contribution in [0.1, 0.15) is 54.5 Å². The Morgan fingerprint density at radius 2 is 1.90 bits per heavy atom. The summed E-state index contributed by atoms with van der Waals surface area (Å²) >= 11 is 20.3. The van der Waals surface area contributed by atoms with Crippen molar-refractivity contribution in [3.8, 4) is 5.75 Å². The summed E-state index contributed by atoms with van der Waals surface area (Å²) in [6.07, 6.45) is 10.2.